The number of aromatic nitrogens is 2. The van der Waals surface area contributed by atoms with Crippen LogP contribution in [-0.2, 0) is 0 Å². The van der Waals surface area contributed by atoms with Gasteiger partial charge in [-0.05, 0) is 53.2 Å². The van der Waals surface area contributed by atoms with Gasteiger partial charge in [-0.15, -0.1) is 0 Å². The van der Waals surface area contributed by atoms with E-state index in [2.05, 4.69) is 29.6 Å². The highest BCUT2D eigenvalue weighted by molar-refractivity contribution is 6.23. The molecule has 1 heterocycles. The number of carbonyl (C=O) groups excluding carboxylic acids is 1. The molecule has 0 atom stereocenters. The van der Waals surface area contributed by atoms with Gasteiger partial charge in [-0.25, -0.2) is 9.97 Å². The molecule has 0 aliphatic heterocycles. The molecule has 1 amide bonds. The van der Waals surface area contributed by atoms with Crippen LogP contribution in [0.4, 0.5) is 5.69 Å². The second-order valence-corrected chi connectivity index (χ2v) is 7.90. The minimum absolute atomic E-state index is 0.202. The molecule has 33 heavy (non-hydrogen) atoms. The molecule has 0 saturated carbocycles. The van der Waals surface area contributed by atoms with Gasteiger partial charge >= 0.3 is 0 Å². The Bertz CT molecular complexity index is 1690. The van der Waals surface area contributed by atoms with Crippen LogP contribution in [0.25, 0.3) is 43.6 Å². The van der Waals surface area contributed by atoms with Crippen LogP contribution >= 0.6 is 0 Å². The van der Waals surface area contributed by atoms with Crippen LogP contribution < -0.4 is 10.1 Å². The number of rotatable bonds is 3. The van der Waals surface area contributed by atoms with Gasteiger partial charge in [-0.1, -0.05) is 48.5 Å². The van der Waals surface area contributed by atoms with Crippen molar-refractivity contribution in [1.29, 1.82) is 0 Å². The number of carbonyl (C=O) groups is 1. The SMILES string of the molecule is COc1ccc(NC(=O)c2ccc3nc4c5ccccc5c5ccccc5c4nc3c2)cc1. The van der Waals surface area contributed by atoms with Gasteiger partial charge in [0.15, 0.2) is 0 Å². The number of nitrogens with zero attached hydrogens (tertiary/aromatic N) is 2. The minimum Gasteiger partial charge on any atom is -0.497 e. The van der Waals surface area contributed by atoms with Gasteiger partial charge in [0.1, 0.15) is 5.75 Å². The lowest BCUT2D eigenvalue weighted by Crippen LogP contribution is -2.11. The maximum Gasteiger partial charge on any atom is 0.255 e. The third-order valence-corrected chi connectivity index (χ3v) is 5.93. The lowest BCUT2D eigenvalue weighted by Gasteiger charge is -2.11. The zero-order chi connectivity index (χ0) is 22.4. The molecular weight excluding hydrogens is 410 g/mol. The third kappa shape index (κ3) is 3.22. The Labute approximate surface area is 189 Å². The topological polar surface area (TPSA) is 64.1 Å². The monoisotopic (exact) mass is 429 g/mol. The summed E-state index contributed by atoms with van der Waals surface area (Å²) < 4.78 is 5.17. The quantitative estimate of drug-likeness (QED) is 0.263. The van der Waals surface area contributed by atoms with Crippen molar-refractivity contribution >= 4 is 55.2 Å². The van der Waals surface area contributed by atoms with Crippen LogP contribution in [0.1, 0.15) is 10.4 Å². The van der Waals surface area contributed by atoms with Gasteiger partial charge in [0.05, 0.1) is 29.2 Å². The summed E-state index contributed by atoms with van der Waals surface area (Å²) in [7, 11) is 1.61. The Kier molecular flexibility index (Phi) is 4.40. The Hall–Kier alpha value is -4.51. The molecule has 0 saturated heterocycles. The largest absolute Gasteiger partial charge is 0.497 e. The summed E-state index contributed by atoms with van der Waals surface area (Å²) in [5.74, 6) is 0.535. The fourth-order valence-corrected chi connectivity index (χ4v) is 4.30. The Morgan fingerprint density at radius 2 is 1.27 bits per heavy atom. The summed E-state index contributed by atoms with van der Waals surface area (Å²) in [6, 6.07) is 29.2. The highest BCUT2D eigenvalue weighted by Gasteiger charge is 2.13. The molecular formula is C28H19N3O2. The Morgan fingerprint density at radius 1 is 0.697 bits per heavy atom. The van der Waals surface area contributed by atoms with Crippen LogP contribution in [0.15, 0.2) is 91.0 Å². The van der Waals surface area contributed by atoms with Crippen molar-refractivity contribution in [2.45, 2.75) is 0 Å². The molecule has 158 valence electrons. The van der Waals surface area contributed by atoms with E-state index in [1.54, 1.807) is 19.2 Å². The first kappa shape index (κ1) is 19.2. The van der Waals surface area contributed by atoms with Crippen molar-refractivity contribution in [2.75, 3.05) is 12.4 Å². The van der Waals surface area contributed by atoms with Crippen molar-refractivity contribution in [3.63, 3.8) is 0 Å². The first-order valence-corrected chi connectivity index (χ1v) is 10.7. The molecule has 6 rings (SSSR count). The Morgan fingerprint density at radius 3 is 1.88 bits per heavy atom. The lowest BCUT2D eigenvalue weighted by molar-refractivity contribution is 0.102. The molecule has 0 radical (unpaired) electrons. The standard InChI is InChI=1S/C28H19N3O2/c1-33-19-13-11-18(12-14-19)29-28(32)17-10-15-24-25(16-17)31-27-23-9-5-3-7-21(23)20-6-2-4-8-22(20)26(27)30-24/h2-16H,1H3,(H,29,32). The number of hydrogen-bond donors (Lipinski definition) is 1. The molecule has 1 aromatic heterocycles. The fraction of sp³-hybridized carbons (Fsp3) is 0.0357. The van der Waals surface area contributed by atoms with Gasteiger partial charge in [0.25, 0.3) is 5.91 Å². The van der Waals surface area contributed by atoms with Crippen molar-refractivity contribution in [3.8, 4) is 5.75 Å². The molecule has 0 aliphatic rings. The number of anilines is 1. The van der Waals surface area contributed by atoms with E-state index in [1.807, 2.05) is 54.6 Å². The molecule has 0 fully saturated rings. The van der Waals surface area contributed by atoms with Gasteiger partial charge in [-0.3, -0.25) is 4.79 Å². The maximum absolute atomic E-state index is 12.9. The number of methoxy groups -OCH3 is 1. The van der Waals surface area contributed by atoms with E-state index in [1.165, 1.54) is 0 Å². The number of fused-ring (bicyclic) bond motifs is 7. The molecule has 0 bridgehead atoms. The van der Waals surface area contributed by atoms with Crippen molar-refractivity contribution < 1.29 is 9.53 Å². The van der Waals surface area contributed by atoms with Crippen LogP contribution in [0.3, 0.4) is 0 Å². The predicted molar refractivity (Wildman–Crippen MR) is 133 cm³/mol. The van der Waals surface area contributed by atoms with E-state index >= 15 is 0 Å². The van der Waals surface area contributed by atoms with E-state index in [0.717, 1.165) is 43.8 Å². The molecule has 5 heteroatoms. The summed E-state index contributed by atoms with van der Waals surface area (Å²) in [6.45, 7) is 0. The first-order valence-electron chi connectivity index (χ1n) is 10.7. The first-order chi connectivity index (χ1) is 16.2. The summed E-state index contributed by atoms with van der Waals surface area (Å²) in [5.41, 5.74) is 4.37. The minimum atomic E-state index is -0.202. The van der Waals surface area contributed by atoms with Gasteiger partial charge in [-0.2, -0.15) is 0 Å². The highest BCUT2D eigenvalue weighted by atomic mass is 16.5. The van der Waals surface area contributed by atoms with E-state index in [-0.39, 0.29) is 5.91 Å². The van der Waals surface area contributed by atoms with Crippen LogP contribution in [0.2, 0.25) is 0 Å². The second-order valence-electron chi connectivity index (χ2n) is 7.90. The van der Waals surface area contributed by atoms with Crippen molar-refractivity contribution in [2.24, 2.45) is 0 Å². The van der Waals surface area contributed by atoms with Crippen molar-refractivity contribution in [1.82, 2.24) is 9.97 Å². The summed E-state index contributed by atoms with van der Waals surface area (Å²) >= 11 is 0. The van der Waals surface area contributed by atoms with E-state index in [4.69, 9.17) is 14.7 Å². The number of nitrogens with one attached hydrogen (secondary N) is 1. The Balaban J connectivity index is 1.49. The third-order valence-electron chi connectivity index (χ3n) is 5.93. The summed E-state index contributed by atoms with van der Waals surface area (Å²) in [5, 5.41) is 7.34. The highest BCUT2D eigenvalue weighted by Crippen LogP contribution is 2.34. The summed E-state index contributed by atoms with van der Waals surface area (Å²) in [4.78, 5) is 22.8. The van der Waals surface area contributed by atoms with E-state index in [9.17, 15) is 4.79 Å². The maximum atomic E-state index is 12.9. The number of hydrogen-bond acceptors (Lipinski definition) is 4. The normalized spacial score (nSPS) is 11.3. The van der Waals surface area contributed by atoms with Crippen molar-refractivity contribution in [3.05, 3.63) is 96.6 Å². The number of benzene rings is 5. The molecule has 5 aromatic carbocycles. The smallest absolute Gasteiger partial charge is 0.255 e. The van der Waals surface area contributed by atoms with Gasteiger partial charge in [0.2, 0.25) is 0 Å². The number of ether oxygens (including phenoxy) is 1. The van der Waals surface area contributed by atoms with Gasteiger partial charge in [0, 0.05) is 22.0 Å². The molecule has 0 unspecified atom stereocenters. The lowest BCUT2D eigenvalue weighted by atomic mass is 9.99. The average molecular weight is 429 g/mol. The van der Waals surface area contributed by atoms with E-state index < -0.39 is 0 Å². The zero-order valence-corrected chi connectivity index (χ0v) is 17.9. The second kappa shape index (κ2) is 7.57. The van der Waals surface area contributed by atoms with Crippen LogP contribution in [-0.4, -0.2) is 23.0 Å². The van der Waals surface area contributed by atoms with E-state index in [0.29, 0.717) is 16.8 Å². The average Bonchev–Trinajstić information content (AvgIpc) is 2.88. The molecule has 0 aliphatic carbocycles. The molecule has 1 N–H and O–H groups in total. The number of amides is 1. The molecule has 0 spiro atoms. The predicted octanol–water partition coefficient (Wildman–Crippen LogP) is 6.35. The summed E-state index contributed by atoms with van der Waals surface area (Å²) in [6.07, 6.45) is 0. The molecule has 6 aromatic rings. The fourth-order valence-electron chi connectivity index (χ4n) is 4.30. The van der Waals surface area contributed by atoms with Crippen LogP contribution in [0, 0.1) is 0 Å². The van der Waals surface area contributed by atoms with Gasteiger partial charge < -0.3 is 10.1 Å². The molecule has 5 nitrogen and oxygen atoms in total. The zero-order valence-electron chi connectivity index (χ0n) is 17.9. The van der Waals surface area contributed by atoms with Crippen LogP contribution in [0.5, 0.6) is 5.75 Å².